The lowest BCUT2D eigenvalue weighted by Crippen LogP contribution is -2.34. The summed E-state index contributed by atoms with van der Waals surface area (Å²) in [7, 11) is 0. The fourth-order valence-electron chi connectivity index (χ4n) is 3.37. The molecular weight excluding hydrogens is 502 g/mol. The van der Waals surface area contributed by atoms with E-state index >= 15 is 0 Å². The molecule has 36 heavy (non-hydrogen) atoms. The first-order chi connectivity index (χ1) is 16.7. The van der Waals surface area contributed by atoms with Crippen LogP contribution in [-0.4, -0.2) is 77.0 Å². The lowest BCUT2D eigenvalue weighted by molar-refractivity contribution is -0.193. The van der Waals surface area contributed by atoms with E-state index in [0.29, 0.717) is 12.0 Å². The van der Waals surface area contributed by atoms with Gasteiger partial charge in [0.25, 0.3) is 0 Å². The Hall–Kier alpha value is -3.17. The average Bonchev–Trinajstić information content (AvgIpc) is 3.35. The van der Waals surface area contributed by atoms with Crippen molar-refractivity contribution < 1.29 is 46.1 Å². The Labute approximate surface area is 201 Å². The van der Waals surface area contributed by atoms with E-state index in [0.717, 1.165) is 39.0 Å². The number of aryl methyl sites for hydroxylation is 1. The van der Waals surface area contributed by atoms with E-state index in [1.807, 2.05) is 12.5 Å². The van der Waals surface area contributed by atoms with Gasteiger partial charge in [-0.25, -0.2) is 19.3 Å². The van der Waals surface area contributed by atoms with Gasteiger partial charge in [0, 0.05) is 44.5 Å². The lowest BCUT2D eigenvalue weighted by atomic mass is 10.1. The van der Waals surface area contributed by atoms with Gasteiger partial charge in [-0.3, -0.25) is 4.90 Å². The number of aliphatic carboxylic acids is 2. The maximum atomic E-state index is 10.6. The van der Waals surface area contributed by atoms with Crippen LogP contribution in [-0.2, 0) is 22.7 Å². The molecule has 10 nitrogen and oxygen atoms in total. The Bertz CT molecular complexity index is 969. The van der Waals surface area contributed by atoms with E-state index in [-0.39, 0.29) is 0 Å². The SMILES string of the molecule is CCn1cncc1CN1CCC(n2cc(C3CC3)nn2)CC1.O=C(O)C(F)(F)F.O=C(O)C(F)(F)F. The summed E-state index contributed by atoms with van der Waals surface area (Å²) in [5.74, 6) is -4.82. The van der Waals surface area contributed by atoms with E-state index < -0.39 is 24.3 Å². The fourth-order valence-corrected chi connectivity index (χ4v) is 3.37. The Kier molecular flexibility index (Phi) is 9.84. The highest BCUT2D eigenvalue weighted by atomic mass is 19.4. The summed E-state index contributed by atoms with van der Waals surface area (Å²) in [6, 6.07) is 0.521. The quantitative estimate of drug-likeness (QED) is 0.565. The van der Waals surface area contributed by atoms with E-state index in [9.17, 15) is 26.3 Å². The third-order valence-corrected chi connectivity index (χ3v) is 5.46. The van der Waals surface area contributed by atoms with Crippen LogP contribution in [0.3, 0.4) is 0 Å². The van der Waals surface area contributed by atoms with E-state index in [2.05, 4.69) is 42.6 Å². The summed E-state index contributed by atoms with van der Waals surface area (Å²) < 4.78 is 67.8. The molecule has 0 unspecified atom stereocenters. The molecule has 2 fully saturated rings. The molecule has 0 amide bonds. The predicted molar refractivity (Wildman–Crippen MR) is 111 cm³/mol. The highest BCUT2D eigenvalue weighted by Gasteiger charge is 2.39. The molecule has 16 heteroatoms. The standard InChI is InChI=1S/C16H24N6.2C2HF3O2/c1-2-21-12-17-9-15(21)10-20-7-5-14(6-8-20)22-11-16(18-19-22)13-3-4-13;2*3-2(4,5)1(6)7/h9,11-14H,2-8,10H2,1H3;2*(H,6,7). The van der Waals surface area contributed by atoms with E-state index in [1.54, 1.807) is 0 Å². The Morgan fingerprint density at radius 2 is 1.53 bits per heavy atom. The number of carbonyl (C=O) groups is 2. The van der Waals surface area contributed by atoms with Gasteiger partial charge in [0.2, 0.25) is 0 Å². The monoisotopic (exact) mass is 528 g/mol. The van der Waals surface area contributed by atoms with Crippen LogP contribution in [0.1, 0.15) is 56.0 Å². The van der Waals surface area contributed by atoms with Gasteiger partial charge < -0.3 is 14.8 Å². The molecule has 1 saturated heterocycles. The third-order valence-electron chi connectivity index (χ3n) is 5.46. The number of carboxylic acid groups (broad SMARTS) is 2. The molecule has 2 aliphatic rings. The maximum absolute atomic E-state index is 10.6. The van der Waals surface area contributed by atoms with Crippen LogP contribution in [0.4, 0.5) is 26.3 Å². The molecule has 4 rings (SSSR count). The zero-order valence-corrected chi connectivity index (χ0v) is 19.2. The van der Waals surface area contributed by atoms with Crippen LogP contribution in [0.5, 0.6) is 0 Å². The van der Waals surface area contributed by atoms with Crippen molar-refractivity contribution in [2.45, 2.75) is 70.0 Å². The summed E-state index contributed by atoms with van der Waals surface area (Å²) in [6.07, 6.45) is 0.849. The van der Waals surface area contributed by atoms with Gasteiger partial charge in [-0.2, -0.15) is 26.3 Å². The van der Waals surface area contributed by atoms with Gasteiger partial charge in [-0.1, -0.05) is 5.21 Å². The Balaban J connectivity index is 0.000000271. The first-order valence-electron chi connectivity index (χ1n) is 11.0. The molecule has 3 heterocycles. The van der Waals surface area contributed by atoms with Gasteiger partial charge in [0.15, 0.2) is 0 Å². The highest BCUT2D eigenvalue weighted by Crippen LogP contribution is 2.39. The van der Waals surface area contributed by atoms with Crippen molar-refractivity contribution in [3.63, 3.8) is 0 Å². The number of nitrogens with zero attached hydrogens (tertiary/aromatic N) is 6. The van der Waals surface area contributed by atoms with Gasteiger partial charge in [0.1, 0.15) is 0 Å². The number of hydrogen-bond donors (Lipinski definition) is 2. The molecule has 1 aliphatic heterocycles. The normalized spacial score (nSPS) is 17.0. The van der Waals surface area contributed by atoms with Crippen molar-refractivity contribution in [2.75, 3.05) is 13.1 Å². The van der Waals surface area contributed by atoms with Crippen molar-refractivity contribution in [1.82, 2.24) is 29.4 Å². The molecule has 0 bridgehead atoms. The summed E-state index contributed by atoms with van der Waals surface area (Å²) in [4.78, 5) is 24.6. The van der Waals surface area contributed by atoms with Crippen LogP contribution in [0.2, 0.25) is 0 Å². The van der Waals surface area contributed by atoms with Crippen LogP contribution < -0.4 is 0 Å². The van der Waals surface area contributed by atoms with E-state index in [1.165, 1.54) is 24.2 Å². The predicted octanol–water partition coefficient (Wildman–Crippen LogP) is 3.48. The lowest BCUT2D eigenvalue weighted by Gasteiger charge is -2.31. The minimum absolute atomic E-state index is 0.521. The summed E-state index contributed by atoms with van der Waals surface area (Å²) in [5.41, 5.74) is 2.52. The largest absolute Gasteiger partial charge is 0.490 e. The van der Waals surface area contributed by atoms with Crippen molar-refractivity contribution in [1.29, 1.82) is 0 Å². The second kappa shape index (κ2) is 12.2. The summed E-state index contributed by atoms with van der Waals surface area (Å²) >= 11 is 0. The Morgan fingerprint density at radius 3 is 1.97 bits per heavy atom. The molecule has 0 spiro atoms. The topological polar surface area (TPSA) is 126 Å². The van der Waals surface area contributed by atoms with Crippen LogP contribution in [0, 0.1) is 0 Å². The molecule has 0 radical (unpaired) electrons. The number of likely N-dealkylation sites (tertiary alicyclic amines) is 1. The van der Waals surface area contributed by atoms with Crippen molar-refractivity contribution in [3.05, 3.63) is 30.1 Å². The minimum atomic E-state index is -5.08. The van der Waals surface area contributed by atoms with Crippen molar-refractivity contribution in [3.8, 4) is 0 Å². The molecule has 2 N–H and O–H groups in total. The maximum Gasteiger partial charge on any atom is 0.490 e. The minimum Gasteiger partial charge on any atom is -0.475 e. The number of halogens is 6. The smallest absolute Gasteiger partial charge is 0.475 e. The number of alkyl halides is 6. The zero-order chi connectivity index (χ0) is 27.1. The fraction of sp³-hybridized carbons (Fsp3) is 0.650. The summed E-state index contributed by atoms with van der Waals surface area (Å²) in [6.45, 7) is 6.41. The van der Waals surface area contributed by atoms with Crippen LogP contribution in [0.15, 0.2) is 18.7 Å². The second-order valence-electron chi connectivity index (χ2n) is 8.18. The first-order valence-corrected chi connectivity index (χ1v) is 11.0. The zero-order valence-electron chi connectivity index (χ0n) is 19.2. The molecule has 2 aromatic rings. The number of aromatic nitrogens is 5. The van der Waals surface area contributed by atoms with Crippen molar-refractivity contribution >= 4 is 11.9 Å². The number of piperidine rings is 1. The molecule has 2 aromatic heterocycles. The van der Waals surface area contributed by atoms with Gasteiger partial charge in [-0.15, -0.1) is 5.10 Å². The average molecular weight is 528 g/mol. The highest BCUT2D eigenvalue weighted by molar-refractivity contribution is 5.73. The molecule has 202 valence electrons. The number of imidazole rings is 1. The Morgan fingerprint density at radius 1 is 1.00 bits per heavy atom. The van der Waals surface area contributed by atoms with Crippen LogP contribution in [0.25, 0.3) is 0 Å². The molecule has 0 atom stereocenters. The van der Waals surface area contributed by atoms with E-state index in [4.69, 9.17) is 19.8 Å². The number of hydrogen-bond acceptors (Lipinski definition) is 6. The third kappa shape index (κ3) is 9.13. The van der Waals surface area contributed by atoms with Gasteiger partial charge >= 0.3 is 24.3 Å². The molecule has 1 aliphatic carbocycles. The summed E-state index contributed by atoms with van der Waals surface area (Å²) in [5, 5.41) is 23.0. The molecular formula is C20H26F6N6O4. The van der Waals surface area contributed by atoms with Gasteiger partial charge in [0.05, 0.1) is 23.8 Å². The van der Waals surface area contributed by atoms with Gasteiger partial charge in [-0.05, 0) is 32.6 Å². The number of carboxylic acids is 2. The second-order valence-corrected chi connectivity index (χ2v) is 8.18. The number of rotatable bonds is 5. The first kappa shape index (κ1) is 29.1. The molecule has 1 saturated carbocycles. The van der Waals surface area contributed by atoms with Crippen molar-refractivity contribution in [2.24, 2.45) is 0 Å². The van der Waals surface area contributed by atoms with Crippen LogP contribution >= 0.6 is 0 Å². The molecule has 0 aromatic carbocycles.